The van der Waals surface area contributed by atoms with Crippen molar-refractivity contribution in [3.63, 3.8) is 0 Å². The van der Waals surface area contributed by atoms with Crippen LogP contribution in [0.4, 0.5) is 0 Å². The van der Waals surface area contributed by atoms with Gasteiger partial charge in [0.15, 0.2) is 5.65 Å². The minimum absolute atomic E-state index is 0.0238. The van der Waals surface area contributed by atoms with E-state index >= 15 is 0 Å². The molecule has 1 fully saturated rings. The number of carbonyl (C=O) groups excluding carboxylic acids is 1. The number of hydrogen-bond donors (Lipinski definition) is 0. The second kappa shape index (κ2) is 6.50. The molecule has 1 aliphatic rings. The first-order valence-electron chi connectivity index (χ1n) is 7.97. The normalized spacial score (nSPS) is 16.2. The van der Waals surface area contributed by atoms with Crippen molar-refractivity contribution in [1.82, 2.24) is 24.4 Å². The highest BCUT2D eigenvalue weighted by atomic mass is 16.2. The lowest BCUT2D eigenvalue weighted by molar-refractivity contribution is -0.127. The standard InChI is InChI=1S/C17H23N5O/c1-4-16(23)21-9-6-13(7-10-21)15-5-8-18-17-14(12-20(2)3)11-19-22(15)17/h4-5,8,11,13H,1,6-7,9-10,12H2,2-3H3. The number of aromatic nitrogens is 3. The van der Waals surface area contributed by atoms with Crippen LogP contribution in [0.5, 0.6) is 0 Å². The van der Waals surface area contributed by atoms with Gasteiger partial charge >= 0.3 is 0 Å². The molecule has 0 spiro atoms. The molecule has 0 atom stereocenters. The molecule has 23 heavy (non-hydrogen) atoms. The highest BCUT2D eigenvalue weighted by Crippen LogP contribution is 2.28. The highest BCUT2D eigenvalue weighted by Gasteiger charge is 2.25. The SMILES string of the molecule is C=CC(=O)N1CCC(c2ccnc3c(CN(C)C)cnn23)CC1. The molecule has 0 aliphatic carbocycles. The molecule has 0 bridgehead atoms. The summed E-state index contributed by atoms with van der Waals surface area (Å²) in [5.41, 5.74) is 3.25. The zero-order valence-corrected chi connectivity index (χ0v) is 13.8. The summed E-state index contributed by atoms with van der Waals surface area (Å²) in [5.74, 6) is 0.428. The van der Waals surface area contributed by atoms with Gasteiger partial charge in [-0.2, -0.15) is 5.10 Å². The van der Waals surface area contributed by atoms with E-state index in [1.165, 1.54) is 11.8 Å². The lowest BCUT2D eigenvalue weighted by Gasteiger charge is -2.31. The van der Waals surface area contributed by atoms with Gasteiger partial charge in [-0.15, -0.1) is 0 Å². The largest absolute Gasteiger partial charge is 0.339 e. The van der Waals surface area contributed by atoms with Gasteiger partial charge < -0.3 is 9.80 Å². The zero-order valence-electron chi connectivity index (χ0n) is 13.8. The lowest BCUT2D eigenvalue weighted by Crippen LogP contribution is -2.37. The molecule has 1 saturated heterocycles. The van der Waals surface area contributed by atoms with E-state index in [0.29, 0.717) is 5.92 Å². The topological polar surface area (TPSA) is 53.7 Å². The molecule has 0 N–H and O–H groups in total. The fourth-order valence-corrected chi connectivity index (χ4v) is 3.24. The summed E-state index contributed by atoms with van der Waals surface area (Å²) in [7, 11) is 4.08. The summed E-state index contributed by atoms with van der Waals surface area (Å²) in [5, 5.41) is 4.55. The summed E-state index contributed by atoms with van der Waals surface area (Å²) >= 11 is 0. The van der Waals surface area contributed by atoms with Crippen LogP contribution in [0.25, 0.3) is 5.65 Å². The Bertz CT molecular complexity index is 713. The molecule has 0 unspecified atom stereocenters. The Morgan fingerprint density at radius 3 is 2.83 bits per heavy atom. The molecule has 122 valence electrons. The highest BCUT2D eigenvalue weighted by molar-refractivity contribution is 5.87. The molecule has 3 rings (SSSR count). The fraction of sp³-hybridized carbons (Fsp3) is 0.471. The smallest absolute Gasteiger partial charge is 0.245 e. The number of nitrogens with zero attached hydrogens (tertiary/aromatic N) is 5. The summed E-state index contributed by atoms with van der Waals surface area (Å²) in [4.78, 5) is 20.2. The van der Waals surface area contributed by atoms with Gasteiger partial charge in [0.2, 0.25) is 5.91 Å². The first-order valence-corrected chi connectivity index (χ1v) is 7.97. The molecular formula is C17H23N5O. The van der Waals surface area contributed by atoms with E-state index in [9.17, 15) is 4.79 Å². The Labute approximate surface area is 136 Å². The molecule has 3 heterocycles. The van der Waals surface area contributed by atoms with Gasteiger partial charge in [-0.3, -0.25) is 4.79 Å². The number of likely N-dealkylation sites (tertiary alicyclic amines) is 1. The van der Waals surface area contributed by atoms with Gasteiger partial charge in [-0.25, -0.2) is 9.50 Å². The molecule has 0 saturated carbocycles. The first-order chi connectivity index (χ1) is 11.1. The Balaban J connectivity index is 1.82. The van der Waals surface area contributed by atoms with Crippen LogP contribution in [0.1, 0.15) is 30.0 Å². The summed E-state index contributed by atoms with van der Waals surface area (Å²) in [6, 6.07) is 2.05. The number of piperidine rings is 1. The minimum atomic E-state index is 0.0238. The van der Waals surface area contributed by atoms with E-state index in [4.69, 9.17) is 0 Å². The molecule has 0 aromatic carbocycles. The van der Waals surface area contributed by atoms with E-state index in [1.807, 2.05) is 35.9 Å². The van der Waals surface area contributed by atoms with Crippen LogP contribution in [0.2, 0.25) is 0 Å². The van der Waals surface area contributed by atoms with Crippen LogP contribution >= 0.6 is 0 Å². The molecule has 2 aromatic rings. The van der Waals surface area contributed by atoms with Crippen molar-refractivity contribution < 1.29 is 4.79 Å². The number of fused-ring (bicyclic) bond motifs is 1. The molecule has 1 aliphatic heterocycles. The van der Waals surface area contributed by atoms with Gasteiger partial charge in [0, 0.05) is 43.0 Å². The molecule has 6 heteroatoms. The van der Waals surface area contributed by atoms with Crippen LogP contribution in [0, 0.1) is 0 Å². The number of amides is 1. The molecule has 1 amide bonds. The molecular weight excluding hydrogens is 290 g/mol. The lowest BCUT2D eigenvalue weighted by atomic mass is 9.93. The number of rotatable bonds is 4. The van der Waals surface area contributed by atoms with Crippen molar-refractivity contribution in [2.75, 3.05) is 27.2 Å². The van der Waals surface area contributed by atoms with E-state index in [-0.39, 0.29) is 5.91 Å². The minimum Gasteiger partial charge on any atom is -0.339 e. The van der Waals surface area contributed by atoms with Crippen molar-refractivity contribution in [2.45, 2.75) is 25.3 Å². The third kappa shape index (κ3) is 3.12. The summed E-state index contributed by atoms with van der Waals surface area (Å²) in [6.45, 7) is 5.93. The molecule has 0 radical (unpaired) electrons. The van der Waals surface area contributed by atoms with Crippen molar-refractivity contribution in [2.24, 2.45) is 0 Å². The Morgan fingerprint density at radius 2 is 2.17 bits per heavy atom. The zero-order chi connectivity index (χ0) is 16.4. The predicted octanol–water partition coefficient (Wildman–Crippen LogP) is 1.68. The van der Waals surface area contributed by atoms with E-state index < -0.39 is 0 Å². The second-order valence-electron chi connectivity index (χ2n) is 6.32. The van der Waals surface area contributed by atoms with Gasteiger partial charge in [-0.05, 0) is 39.1 Å². The average Bonchev–Trinajstić information content (AvgIpc) is 2.97. The van der Waals surface area contributed by atoms with Crippen LogP contribution < -0.4 is 0 Å². The van der Waals surface area contributed by atoms with E-state index in [0.717, 1.165) is 43.7 Å². The van der Waals surface area contributed by atoms with E-state index in [2.05, 4.69) is 27.6 Å². The van der Waals surface area contributed by atoms with Gasteiger partial charge in [0.1, 0.15) is 0 Å². The third-order valence-electron chi connectivity index (χ3n) is 4.39. The van der Waals surface area contributed by atoms with E-state index in [1.54, 1.807) is 0 Å². The fourth-order valence-electron chi connectivity index (χ4n) is 3.24. The van der Waals surface area contributed by atoms with Crippen molar-refractivity contribution >= 4 is 11.6 Å². The number of carbonyl (C=O) groups is 1. The van der Waals surface area contributed by atoms with Gasteiger partial charge in [-0.1, -0.05) is 6.58 Å². The third-order valence-corrected chi connectivity index (χ3v) is 4.39. The Hall–Kier alpha value is -2.21. The maximum atomic E-state index is 11.7. The van der Waals surface area contributed by atoms with Crippen molar-refractivity contribution in [1.29, 1.82) is 0 Å². The second-order valence-corrected chi connectivity index (χ2v) is 6.32. The predicted molar refractivity (Wildman–Crippen MR) is 89.1 cm³/mol. The van der Waals surface area contributed by atoms with Gasteiger partial charge in [0.25, 0.3) is 0 Å². The van der Waals surface area contributed by atoms with Crippen LogP contribution in [-0.4, -0.2) is 57.5 Å². The average molecular weight is 313 g/mol. The quantitative estimate of drug-likeness (QED) is 0.806. The maximum Gasteiger partial charge on any atom is 0.245 e. The van der Waals surface area contributed by atoms with Crippen molar-refractivity contribution in [3.8, 4) is 0 Å². The Morgan fingerprint density at radius 1 is 1.43 bits per heavy atom. The number of hydrogen-bond acceptors (Lipinski definition) is 4. The Kier molecular flexibility index (Phi) is 4.43. The monoisotopic (exact) mass is 313 g/mol. The van der Waals surface area contributed by atoms with Crippen molar-refractivity contribution in [3.05, 3.63) is 42.4 Å². The molecule has 6 nitrogen and oxygen atoms in total. The first kappa shape index (κ1) is 15.7. The van der Waals surface area contributed by atoms with Crippen LogP contribution in [-0.2, 0) is 11.3 Å². The van der Waals surface area contributed by atoms with Crippen LogP contribution in [0.15, 0.2) is 31.1 Å². The maximum absolute atomic E-state index is 11.7. The molecule has 2 aromatic heterocycles. The summed E-state index contributed by atoms with van der Waals surface area (Å²) in [6.07, 6.45) is 7.06. The van der Waals surface area contributed by atoms with Crippen LogP contribution in [0.3, 0.4) is 0 Å². The summed E-state index contributed by atoms with van der Waals surface area (Å²) < 4.78 is 1.97. The van der Waals surface area contributed by atoms with Gasteiger partial charge in [0.05, 0.1) is 6.20 Å².